The van der Waals surface area contributed by atoms with Crippen molar-refractivity contribution in [2.24, 2.45) is 9.98 Å². The number of aryl methyl sites for hydroxylation is 2. The van der Waals surface area contributed by atoms with E-state index >= 15 is 0 Å². The Morgan fingerprint density at radius 1 is 0.692 bits per heavy atom. The lowest BCUT2D eigenvalue weighted by Crippen LogP contribution is -1.94. The van der Waals surface area contributed by atoms with Gasteiger partial charge in [-0.25, -0.2) is 0 Å². The largest absolute Gasteiger partial charge is 0.288 e. The second kappa shape index (κ2) is 14.3. The van der Waals surface area contributed by atoms with E-state index in [0.717, 1.165) is 16.7 Å². The van der Waals surface area contributed by atoms with Gasteiger partial charge >= 0.3 is 0 Å². The highest BCUT2D eigenvalue weighted by atomic mass is 35.5. The van der Waals surface area contributed by atoms with Gasteiger partial charge in [0.05, 0.1) is 22.9 Å². The van der Waals surface area contributed by atoms with E-state index in [1.807, 2.05) is 50.2 Å². The molecule has 0 aromatic heterocycles. The summed E-state index contributed by atoms with van der Waals surface area (Å²) in [5.41, 5.74) is 6.29. The fourth-order valence-electron chi connectivity index (χ4n) is 3.30. The summed E-state index contributed by atoms with van der Waals surface area (Å²) in [6, 6.07) is 28.6. The molecule has 0 aliphatic carbocycles. The lowest BCUT2D eigenvalue weighted by Gasteiger charge is -2.01. The second-order valence-corrected chi connectivity index (χ2v) is 9.06. The lowest BCUT2D eigenvalue weighted by molar-refractivity contribution is -0.385. The molecule has 39 heavy (non-hydrogen) atoms. The van der Waals surface area contributed by atoms with Gasteiger partial charge in [-0.15, -0.1) is 0 Å². The molecule has 9 heteroatoms. The molecule has 0 radical (unpaired) electrons. The molecule has 0 aliphatic rings. The van der Waals surface area contributed by atoms with Crippen LogP contribution in [-0.4, -0.2) is 21.2 Å². The highest BCUT2D eigenvalue weighted by Crippen LogP contribution is 2.15. The summed E-state index contributed by atoms with van der Waals surface area (Å²) in [4.78, 5) is 28.8. The molecule has 0 bridgehead atoms. The number of nitro benzene ring substituents is 2. The van der Waals surface area contributed by atoms with Gasteiger partial charge in [0, 0.05) is 36.0 Å². The van der Waals surface area contributed by atoms with E-state index in [1.165, 1.54) is 35.4 Å². The first kappa shape index (κ1) is 28.9. The van der Waals surface area contributed by atoms with Crippen LogP contribution in [0.1, 0.15) is 33.4 Å². The minimum absolute atomic E-state index is 0.0387. The predicted octanol–water partition coefficient (Wildman–Crippen LogP) is 7.61. The first-order chi connectivity index (χ1) is 18.7. The van der Waals surface area contributed by atoms with E-state index in [0.29, 0.717) is 23.8 Å². The Labute approximate surface area is 231 Å². The number of aliphatic imine (C=N–C) groups is 2. The SMILES string of the molecule is Cc1ccc(CN=C(Cl)c2ccc([N+](=O)[O-])cc2)cc1.Cc1ccc(CN=Cc2ccc([N+](=O)[O-])cc2)cc1. The van der Waals surface area contributed by atoms with Gasteiger partial charge in [0.15, 0.2) is 0 Å². The van der Waals surface area contributed by atoms with Gasteiger partial charge in [0.2, 0.25) is 0 Å². The molecule has 0 fully saturated rings. The maximum Gasteiger partial charge on any atom is 0.269 e. The predicted molar refractivity (Wildman–Crippen MR) is 156 cm³/mol. The lowest BCUT2D eigenvalue weighted by atomic mass is 10.1. The van der Waals surface area contributed by atoms with Crippen LogP contribution < -0.4 is 0 Å². The van der Waals surface area contributed by atoms with Crippen molar-refractivity contribution in [3.8, 4) is 0 Å². The van der Waals surface area contributed by atoms with Crippen LogP contribution in [0, 0.1) is 34.1 Å². The molecule has 4 aromatic rings. The summed E-state index contributed by atoms with van der Waals surface area (Å²) >= 11 is 6.10. The van der Waals surface area contributed by atoms with Crippen molar-refractivity contribution in [3.63, 3.8) is 0 Å². The van der Waals surface area contributed by atoms with Crippen LogP contribution in [0.15, 0.2) is 107 Å². The van der Waals surface area contributed by atoms with Gasteiger partial charge in [-0.2, -0.15) is 0 Å². The van der Waals surface area contributed by atoms with E-state index < -0.39 is 9.85 Å². The quantitative estimate of drug-likeness (QED) is 0.129. The number of rotatable bonds is 8. The Kier molecular flexibility index (Phi) is 10.6. The molecule has 0 spiro atoms. The monoisotopic (exact) mass is 542 g/mol. The molecule has 198 valence electrons. The fraction of sp³-hybridized carbons (Fsp3) is 0.133. The number of nitro groups is 2. The average molecular weight is 543 g/mol. The zero-order valence-corrected chi connectivity index (χ0v) is 22.3. The van der Waals surface area contributed by atoms with Gasteiger partial charge in [-0.3, -0.25) is 30.2 Å². The molecule has 0 N–H and O–H groups in total. The van der Waals surface area contributed by atoms with Crippen molar-refractivity contribution < 1.29 is 9.85 Å². The second-order valence-electron chi connectivity index (χ2n) is 8.70. The Morgan fingerprint density at radius 3 is 1.59 bits per heavy atom. The minimum atomic E-state index is -0.443. The van der Waals surface area contributed by atoms with E-state index in [2.05, 4.69) is 22.1 Å². The molecule has 0 atom stereocenters. The third-order valence-electron chi connectivity index (χ3n) is 5.58. The van der Waals surface area contributed by atoms with Crippen molar-refractivity contribution in [2.45, 2.75) is 26.9 Å². The van der Waals surface area contributed by atoms with Crippen LogP contribution in [0.4, 0.5) is 11.4 Å². The highest BCUT2D eigenvalue weighted by Gasteiger charge is 2.06. The molecular formula is C30H27ClN4O4. The van der Waals surface area contributed by atoms with Crippen LogP contribution in [-0.2, 0) is 13.1 Å². The topological polar surface area (TPSA) is 111 Å². The Morgan fingerprint density at radius 2 is 1.13 bits per heavy atom. The first-order valence-electron chi connectivity index (χ1n) is 12.0. The first-order valence-corrected chi connectivity index (χ1v) is 12.4. The maximum absolute atomic E-state index is 10.6. The number of hydrogen-bond acceptors (Lipinski definition) is 6. The smallest absolute Gasteiger partial charge is 0.269 e. The molecule has 8 nitrogen and oxygen atoms in total. The number of halogens is 1. The van der Waals surface area contributed by atoms with Crippen LogP contribution in [0.25, 0.3) is 0 Å². The van der Waals surface area contributed by atoms with E-state index in [1.54, 1.807) is 30.5 Å². The number of non-ortho nitro benzene ring substituents is 2. The zero-order chi connectivity index (χ0) is 28.2. The zero-order valence-electron chi connectivity index (χ0n) is 21.5. The van der Waals surface area contributed by atoms with Crippen molar-refractivity contribution in [1.29, 1.82) is 0 Å². The highest BCUT2D eigenvalue weighted by molar-refractivity contribution is 6.69. The van der Waals surface area contributed by atoms with Gasteiger partial charge in [-0.05, 0) is 54.8 Å². The fourth-order valence-corrected chi connectivity index (χ4v) is 3.48. The van der Waals surface area contributed by atoms with Gasteiger partial charge in [-0.1, -0.05) is 71.3 Å². The summed E-state index contributed by atoms with van der Waals surface area (Å²) in [5, 5.41) is 21.4. The number of benzene rings is 4. The number of hydrogen-bond donors (Lipinski definition) is 0. The summed E-state index contributed by atoms with van der Waals surface area (Å²) < 4.78 is 0. The summed E-state index contributed by atoms with van der Waals surface area (Å²) in [5.74, 6) is 0. The van der Waals surface area contributed by atoms with Gasteiger partial charge in [0.1, 0.15) is 5.17 Å². The Balaban J connectivity index is 0.000000216. The summed E-state index contributed by atoms with van der Waals surface area (Å²) in [6.07, 6.45) is 1.73. The molecule has 0 amide bonds. The van der Waals surface area contributed by atoms with Crippen LogP contribution in [0.2, 0.25) is 0 Å². The normalized spacial score (nSPS) is 11.1. The van der Waals surface area contributed by atoms with Crippen molar-refractivity contribution in [2.75, 3.05) is 0 Å². The molecule has 4 aromatic carbocycles. The molecular weight excluding hydrogens is 516 g/mol. The summed E-state index contributed by atoms with van der Waals surface area (Å²) in [7, 11) is 0. The van der Waals surface area contributed by atoms with Crippen molar-refractivity contribution in [3.05, 3.63) is 151 Å². The van der Waals surface area contributed by atoms with Crippen LogP contribution >= 0.6 is 11.6 Å². The van der Waals surface area contributed by atoms with E-state index in [-0.39, 0.29) is 11.4 Å². The molecule has 4 rings (SSSR count). The van der Waals surface area contributed by atoms with Crippen molar-refractivity contribution in [1.82, 2.24) is 0 Å². The third-order valence-corrected chi connectivity index (χ3v) is 5.91. The minimum Gasteiger partial charge on any atom is -0.288 e. The number of nitrogens with zero attached hydrogens (tertiary/aromatic N) is 4. The van der Waals surface area contributed by atoms with Gasteiger partial charge < -0.3 is 0 Å². The molecule has 0 saturated heterocycles. The van der Waals surface area contributed by atoms with Crippen molar-refractivity contribution >= 4 is 34.4 Å². The average Bonchev–Trinajstić information content (AvgIpc) is 2.94. The van der Waals surface area contributed by atoms with Gasteiger partial charge in [0.25, 0.3) is 11.4 Å². The van der Waals surface area contributed by atoms with Crippen LogP contribution in [0.5, 0.6) is 0 Å². The van der Waals surface area contributed by atoms with Crippen LogP contribution in [0.3, 0.4) is 0 Å². The maximum atomic E-state index is 10.6. The standard InChI is InChI=1S/C15H13ClN2O2.C15H14N2O2/c1-11-2-4-12(5-3-11)10-17-15(16)13-6-8-14(9-7-13)18(19)20;1-12-2-4-13(5-3-12)10-16-11-14-6-8-15(9-7-14)17(18)19/h2-9H,10H2,1H3;2-9,11H,10H2,1H3. The van der Waals surface area contributed by atoms with E-state index in [4.69, 9.17) is 11.6 Å². The molecule has 0 heterocycles. The Hall–Kier alpha value is -4.69. The summed E-state index contributed by atoms with van der Waals surface area (Å²) in [6.45, 7) is 5.16. The molecule has 0 aliphatic heterocycles. The third kappa shape index (κ3) is 9.60. The Bertz CT molecular complexity index is 1450. The molecule has 0 saturated carbocycles. The van der Waals surface area contributed by atoms with E-state index in [9.17, 15) is 20.2 Å². The molecule has 0 unspecified atom stereocenters.